The number of piperidine rings is 1. The van der Waals surface area contributed by atoms with E-state index in [0.29, 0.717) is 50.0 Å². The highest BCUT2D eigenvalue weighted by molar-refractivity contribution is 5.69. The lowest BCUT2D eigenvalue weighted by Crippen LogP contribution is -2.38. The predicted molar refractivity (Wildman–Crippen MR) is 147 cm³/mol. The van der Waals surface area contributed by atoms with Gasteiger partial charge in [-0.05, 0) is 49.4 Å². The van der Waals surface area contributed by atoms with Crippen molar-refractivity contribution in [3.8, 4) is 17.4 Å². The number of benzene rings is 2. The van der Waals surface area contributed by atoms with Crippen LogP contribution in [0.15, 0.2) is 66.9 Å². The first-order chi connectivity index (χ1) is 19.0. The predicted octanol–water partition coefficient (Wildman–Crippen LogP) is 5.17. The molecule has 9 heteroatoms. The molecule has 2 fully saturated rings. The molecule has 1 aromatic heterocycles. The molecule has 8 nitrogen and oxygen atoms in total. The monoisotopic (exact) mass is 535 g/mol. The summed E-state index contributed by atoms with van der Waals surface area (Å²) in [4.78, 5) is 19.9. The summed E-state index contributed by atoms with van der Waals surface area (Å²) in [5, 5.41) is 9.45. The van der Waals surface area contributed by atoms with Crippen LogP contribution >= 0.6 is 0 Å². The van der Waals surface area contributed by atoms with Crippen molar-refractivity contribution >= 4 is 17.3 Å². The summed E-state index contributed by atoms with van der Waals surface area (Å²) < 4.78 is 32.3. The summed E-state index contributed by atoms with van der Waals surface area (Å²) in [6.07, 6.45) is 3.76. The van der Waals surface area contributed by atoms with Gasteiger partial charge in [0.15, 0.2) is 0 Å². The first-order valence-corrected chi connectivity index (χ1v) is 13.5. The fourth-order valence-corrected chi connectivity index (χ4v) is 5.37. The first-order valence-electron chi connectivity index (χ1n) is 13.5. The number of rotatable bonds is 10. The van der Waals surface area contributed by atoms with Crippen molar-refractivity contribution in [2.75, 3.05) is 36.0 Å². The molecule has 0 spiro atoms. The van der Waals surface area contributed by atoms with Crippen LogP contribution in [0.2, 0.25) is 0 Å². The van der Waals surface area contributed by atoms with Crippen LogP contribution in [0.5, 0.6) is 17.4 Å². The maximum Gasteiger partial charge on any atom is 0.305 e. The zero-order chi connectivity index (χ0) is 27.2. The van der Waals surface area contributed by atoms with Gasteiger partial charge in [-0.1, -0.05) is 6.07 Å². The van der Waals surface area contributed by atoms with Gasteiger partial charge < -0.3 is 29.1 Å². The molecular weight excluding hydrogens is 501 g/mol. The van der Waals surface area contributed by atoms with Gasteiger partial charge in [-0.3, -0.25) is 4.79 Å². The third-order valence-electron chi connectivity index (χ3n) is 7.19. The summed E-state index contributed by atoms with van der Waals surface area (Å²) in [5.41, 5.74) is 1.50. The van der Waals surface area contributed by atoms with Gasteiger partial charge in [0.25, 0.3) is 0 Å². The fourth-order valence-electron chi connectivity index (χ4n) is 5.37. The lowest BCUT2D eigenvalue weighted by atomic mass is 10.1. The number of carboxylic acid groups (broad SMARTS) is 1. The average Bonchev–Trinajstić information content (AvgIpc) is 3.32. The highest BCUT2D eigenvalue weighted by atomic mass is 19.1. The number of aromatic nitrogens is 1. The van der Waals surface area contributed by atoms with Gasteiger partial charge in [-0.2, -0.15) is 0 Å². The molecule has 5 rings (SSSR count). The molecule has 0 aliphatic carbocycles. The van der Waals surface area contributed by atoms with Gasteiger partial charge in [-0.25, -0.2) is 9.37 Å². The molecule has 206 valence electrons. The summed E-state index contributed by atoms with van der Waals surface area (Å²) in [6, 6.07) is 18.0. The second-order valence-electron chi connectivity index (χ2n) is 9.89. The van der Waals surface area contributed by atoms with Crippen molar-refractivity contribution < 1.29 is 28.5 Å². The van der Waals surface area contributed by atoms with Crippen LogP contribution in [0.4, 0.5) is 15.8 Å². The highest BCUT2D eigenvalue weighted by Gasteiger charge is 2.35. The molecule has 0 bridgehead atoms. The Morgan fingerprint density at radius 3 is 2.49 bits per heavy atom. The van der Waals surface area contributed by atoms with Crippen LogP contribution in [0.1, 0.15) is 32.6 Å². The van der Waals surface area contributed by atoms with Crippen LogP contribution in [-0.4, -0.2) is 60.6 Å². The zero-order valence-electron chi connectivity index (χ0n) is 22.0. The van der Waals surface area contributed by atoms with Crippen LogP contribution in [-0.2, 0) is 4.79 Å². The Kier molecular flexibility index (Phi) is 8.34. The Morgan fingerprint density at radius 1 is 1.03 bits per heavy atom. The molecule has 2 aliphatic rings. The van der Waals surface area contributed by atoms with Crippen molar-refractivity contribution in [1.29, 1.82) is 0 Å². The van der Waals surface area contributed by atoms with E-state index in [1.165, 1.54) is 6.07 Å². The van der Waals surface area contributed by atoms with Gasteiger partial charge in [-0.15, -0.1) is 0 Å². The van der Waals surface area contributed by atoms with Crippen molar-refractivity contribution in [2.45, 2.75) is 50.9 Å². The molecular formula is C30H34FN3O5. The van der Waals surface area contributed by atoms with Crippen LogP contribution in [0.3, 0.4) is 0 Å². The van der Waals surface area contributed by atoms with E-state index in [9.17, 15) is 14.3 Å². The lowest BCUT2D eigenvalue weighted by Gasteiger charge is -2.34. The van der Waals surface area contributed by atoms with Crippen molar-refractivity contribution in [1.82, 2.24) is 4.98 Å². The Labute approximate surface area is 227 Å². The molecule has 39 heavy (non-hydrogen) atoms. The second-order valence-corrected chi connectivity index (χ2v) is 9.89. The number of anilines is 2. The number of hydrogen-bond donors (Lipinski definition) is 1. The molecule has 1 N–H and O–H groups in total. The van der Waals surface area contributed by atoms with E-state index in [0.717, 1.165) is 24.3 Å². The van der Waals surface area contributed by atoms with Crippen LogP contribution in [0.25, 0.3) is 0 Å². The highest BCUT2D eigenvalue weighted by Crippen LogP contribution is 2.32. The Hall–Kier alpha value is -4.01. The number of halogens is 1. The van der Waals surface area contributed by atoms with Gasteiger partial charge in [0.2, 0.25) is 5.88 Å². The number of ether oxygens (including phenoxy) is 3. The van der Waals surface area contributed by atoms with E-state index >= 15 is 0 Å². The van der Waals surface area contributed by atoms with E-state index in [1.807, 2.05) is 48.2 Å². The Balaban J connectivity index is 1.18. The number of hydrogen-bond acceptors (Lipinski definition) is 7. The van der Waals surface area contributed by atoms with E-state index in [-0.39, 0.29) is 30.5 Å². The maximum atomic E-state index is 14.5. The molecule has 0 saturated carbocycles. The topological polar surface area (TPSA) is 84.4 Å². The lowest BCUT2D eigenvalue weighted by molar-refractivity contribution is -0.137. The number of pyridine rings is 1. The number of nitrogens with zero attached hydrogens (tertiary/aromatic N) is 3. The SMILES string of the molecule is CCOc1ccc(F)c(N2CCC(Oc3ccc(N4C[C@H](Oc5ccccn5)C[C@@H]4CC(=O)O)cc3)CC2)c1. The van der Waals surface area contributed by atoms with Crippen LogP contribution < -0.4 is 24.0 Å². The molecule has 2 atom stereocenters. The molecule has 0 amide bonds. The minimum Gasteiger partial charge on any atom is -0.494 e. The van der Waals surface area contributed by atoms with Gasteiger partial charge in [0, 0.05) is 62.4 Å². The minimum atomic E-state index is -0.834. The van der Waals surface area contributed by atoms with Crippen molar-refractivity contribution in [3.05, 3.63) is 72.7 Å². The molecule has 3 heterocycles. The molecule has 3 aromatic rings. The van der Waals surface area contributed by atoms with E-state index in [4.69, 9.17) is 14.2 Å². The summed E-state index contributed by atoms with van der Waals surface area (Å²) in [5.74, 6) is 0.893. The van der Waals surface area contributed by atoms with E-state index in [1.54, 1.807) is 24.4 Å². The molecule has 0 unspecified atom stereocenters. The summed E-state index contributed by atoms with van der Waals surface area (Å²) in [6.45, 7) is 4.41. The molecule has 2 aromatic carbocycles. The zero-order valence-corrected chi connectivity index (χ0v) is 22.0. The normalized spacial score (nSPS) is 19.6. The summed E-state index contributed by atoms with van der Waals surface area (Å²) in [7, 11) is 0. The third-order valence-corrected chi connectivity index (χ3v) is 7.19. The minimum absolute atomic E-state index is 0.0347. The van der Waals surface area contributed by atoms with Crippen LogP contribution in [0, 0.1) is 5.82 Å². The Morgan fingerprint density at radius 2 is 1.79 bits per heavy atom. The summed E-state index contributed by atoms with van der Waals surface area (Å²) >= 11 is 0. The molecule has 0 radical (unpaired) electrons. The smallest absolute Gasteiger partial charge is 0.305 e. The Bertz CT molecular complexity index is 1240. The second kappa shape index (κ2) is 12.2. The van der Waals surface area contributed by atoms with Gasteiger partial charge in [0.1, 0.15) is 29.5 Å². The van der Waals surface area contributed by atoms with Crippen molar-refractivity contribution in [2.24, 2.45) is 0 Å². The maximum absolute atomic E-state index is 14.5. The standard InChI is InChI=1S/C30H34FN3O5/c1-2-37-25-10-11-27(31)28(19-25)33-15-12-24(13-16-33)38-23-8-6-21(7-9-23)34-20-26(17-22(34)18-30(35)36)39-29-5-3-4-14-32-29/h3-11,14,19,22,24,26H,2,12-13,15-18,20H2,1H3,(H,35,36)/t22-,26-/m1/s1. The first kappa shape index (κ1) is 26.6. The number of carboxylic acids is 1. The van der Waals surface area contributed by atoms with E-state index < -0.39 is 5.97 Å². The quantitative estimate of drug-likeness (QED) is 0.381. The average molecular weight is 536 g/mol. The fraction of sp³-hybridized carbons (Fsp3) is 0.400. The van der Waals surface area contributed by atoms with Gasteiger partial charge in [0.05, 0.1) is 25.3 Å². The van der Waals surface area contributed by atoms with Gasteiger partial charge >= 0.3 is 5.97 Å². The van der Waals surface area contributed by atoms with E-state index in [2.05, 4.69) is 9.88 Å². The molecule has 2 aliphatic heterocycles. The third kappa shape index (κ3) is 6.71. The number of aliphatic carboxylic acids is 1. The van der Waals surface area contributed by atoms with Crippen molar-refractivity contribution in [3.63, 3.8) is 0 Å². The molecule has 2 saturated heterocycles. The largest absolute Gasteiger partial charge is 0.494 e. The number of carbonyl (C=O) groups is 1.